The molecule has 3 aromatic rings. The number of aryl methyl sites for hydroxylation is 1. The van der Waals surface area contributed by atoms with E-state index in [2.05, 4.69) is 21.6 Å². The fourth-order valence-corrected chi connectivity index (χ4v) is 3.70. The maximum absolute atomic E-state index is 12.9. The monoisotopic (exact) mass is 337 g/mol. The second-order valence-electron chi connectivity index (χ2n) is 6.58. The van der Waals surface area contributed by atoms with E-state index in [4.69, 9.17) is 0 Å². The highest BCUT2D eigenvalue weighted by atomic mass is 16.2. The van der Waals surface area contributed by atoms with Crippen molar-refractivity contribution in [3.63, 3.8) is 0 Å². The Bertz CT molecular complexity index is 867. The van der Waals surface area contributed by atoms with Gasteiger partial charge in [0.25, 0.3) is 0 Å². The maximum atomic E-state index is 12.9. The van der Waals surface area contributed by atoms with Crippen molar-refractivity contribution < 1.29 is 4.79 Å². The van der Waals surface area contributed by atoms with Crippen molar-refractivity contribution in [2.75, 3.05) is 13.1 Å². The smallest absolute Gasteiger partial charge is 0.242 e. The molecule has 2 aromatic heterocycles. The molecule has 3 heterocycles. The zero-order chi connectivity index (χ0) is 17.2. The van der Waals surface area contributed by atoms with E-state index in [1.54, 1.807) is 6.20 Å². The Labute approximate surface area is 147 Å². The molecule has 6 heteroatoms. The first-order valence-corrected chi connectivity index (χ1v) is 8.97. The third-order valence-electron chi connectivity index (χ3n) is 4.99. The van der Waals surface area contributed by atoms with E-state index < -0.39 is 0 Å². The zero-order valence-electron chi connectivity index (χ0n) is 14.5. The lowest BCUT2D eigenvalue weighted by Gasteiger charge is -2.33. The van der Waals surface area contributed by atoms with Crippen LogP contribution in [-0.4, -0.2) is 43.2 Å². The fourth-order valence-electron chi connectivity index (χ4n) is 3.70. The van der Waals surface area contributed by atoms with Crippen molar-refractivity contribution in [2.45, 2.75) is 38.8 Å². The molecular weight excluding hydrogens is 314 g/mol. The predicted molar refractivity (Wildman–Crippen MR) is 96.2 cm³/mol. The largest absolute Gasteiger partial charge is 0.339 e. The van der Waals surface area contributed by atoms with Crippen LogP contribution < -0.4 is 0 Å². The van der Waals surface area contributed by atoms with Gasteiger partial charge in [-0.2, -0.15) is 5.10 Å². The highest BCUT2D eigenvalue weighted by molar-refractivity contribution is 5.81. The van der Waals surface area contributed by atoms with Crippen LogP contribution in [0.1, 0.15) is 31.6 Å². The number of benzene rings is 1. The second-order valence-corrected chi connectivity index (χ2v) is 6.58. The number of rotatable bonds is 4. The minimum atomic E-state index is 0.162. The third-order valence-corrected chi connectivity index (χ3v) is 4.99. The van der Waals surface area contributed by atoms with E-state index >= 15 is 0 Å². The molecule has 0 saturated carbocycles. The first kappa shape index (κ1) is 15.9. The number of para-hydroxylation sites is 2. The molecule has 1 aliphatic heterocycles. The number of imidazole rings is 1. The molecule has 4 rings (SSSR count). The van der Waals surface area contributed by atoms with Crippen molar-refractivity contribution in [2.24, 2.45) is 0 Å². The predicted octanol–water partition coefficient (Wildman–Crippen LogP) is 2.66. The van der Waals surface area contributed by atoms with E-state index in [0.717, 1.165) is 49.2 Å². The number of carbonyl (C=O) groups excluding carboxylic acids is 1. The topological polar surface area (TPSA) is 56.0 Å². The van der Waals surface area contributed by atoms with Gasteiger partial charge in [-0.1, -0.05) is 19.1 Å². The average molecular weight is 337 g/mol. The summed E-state index contributed by atoms with van der Waals surface area (Å²) in [5.74, 6) is 1.13. The van der Waals surface area contributed by atoms with Gasteiger partial charge >= 0.3 is 0 Å². The van der Waals surface area contributed by atoms with Gasteiger partial charge in [0.15, 0.2) is 0 Å². The van der Waals surface area contributed by atoms with E-state index in [-0.39, 0.29) is 11.9 Å². The summed E-state index contributed by atoms with van der Waals surface area (Å²) >= 11 is 0. The Morgan fingerprint density at radius 2 is 2.16 bits per heavy atom. The molecule has 0 aliphatic carbocycles. The maximum Gasteiger partial charge on any atom is 0.242 e. The number of fused-ring (bicyclic) bond motifs is 1. The number of hydrogen-bond donors (Lipinski definition) is 0. The number of aromatic nitrogens is 4. The standard InChI is InChI=1S/C19H23N5O/c1-2-18-21-16-8-3-4-9-17(16)23(18)14-19(25)22-11-5-7-15(13-22)24-12-6-10-20-24/h3-4,6,8-10,12,15H,2,5,7,11,13-14H2,1H3/t15-/m1/s1. The van der Waals surface area contributed by atoms with Crippen LogP contribution in [-0.2, 0) is 17.8 Å². The van der Waals surface area contributed by atoms with Crippen molar-refractivity contribution in [1.82, 2.24) is 24.2 Å². The van der Waals surface area contributed by atoms with Crippen LogP contribution in [0.15, 0.2) is 42.7 Å². The van der Waals surface area contributed by atoms with Crippen LogP contribution in [0.5, 0.6) is 0 Å². The molecule has 0 radical (unpaired) electrons. The molecule has 25 heavy (non-hydrogen) atoms. The zero-order valence-corrected chi connectivity index (χ0v) is 14.5. The van der Waals surface area contributed by atoms with Gasteiger partial charge < -0.3 is 9.47 Å². The number of carbonyl (C=O) groups is 1. The highest BCUT2D eigenvalue weighted by Crippen LogP contribution is 2.22. The van der Waals surface area contributed by atoms with Crippen LogP contribution >= 0.6 is 0 Å². The quantitative estimate of drug-likeness (QED) is 0.735. The number of amides is 1. The molecule has 6 nitrogen and oxygen atoms in total. The summed E-state index contributed by atoms with van der Waals surface area (Å²) in [5.41, 5.74) is 1.99. The van der Waals surface area contributed by atoms with E-state index in [9.17, 15) is 4.79 Å². The molecule has 0 bridgehead atoms. The van der Waals surface area contributed by atoms with Crippen molar-refractivity contribution in [3.05, 3.63) is 48.5 Å². The Hall–Kier alpha value is -2.63. The van der Waals surface area contributed by atoms with E-state index in [0.29, 0.717) is 6.54 Å². The Kier molecular flexibility index (Phi) is 4.26. The summed E-state index contributed by atoms with van der Waals surface area (Å²) in [6.45, 7) is 3.99. The van der Waals surface area contributed by atoms with Gasteiger partial charge in [-0.3, -0.25) is 9.48 Å². The molecule has 1 fully saturated rings. The molecule has 1 amide bonds. The molecule has 130 valence electrons. The molecular formula is C19H23N5O. The third kappa shape index (κ3) is 3.04. The number of likely N-dealkylation sites (tertiary alicyclic amines) is 1. The van der Waals surface area contributed by atoms with Crippen LogP contribution in [0, 0.1) is 0 Å². The summed E-state index contributed by atoms with van der Waals surface area (Å²) in [6, 6.07) is 10.2. The van der Waals surface area contributed by atoms with Crippen LogP contribution in [0.25, 0.3) is 11.0 Å². The van der Waals surface area contributed by atoms with Crippen molar-refractivity contribution in [3.8, 4) is 0 Å². The van der Waals surface area contributed by atoms with Gasteiger partial charge in [-0.15, -0.1) is 0 Å². The van der Waals surface area contributed by atoms with Gasteiger partial charge in [0.1, 0.15) is 12.4 Å². The number of hydrogen-bond acceptors (Lipinski definition) is 3. The van der Waals surface area contributed by atoms with Gasteiger partial charge in [0.2, 0.25) is 5.91 Å². The summed E-state index contributed by atoms with van der Waals surface area (Å²) in [7, 11) is 0. The first-order valence-electron chi connectivity index (χ1n) is 8.97. The molecule has 1 aliphatic rings. The lowest BCUT2D eigenvalue weighted by atomic mass is 10.1. The van der Waals surface area contributed by atoms with Crippen LogP contribution in [0.3, 0.4) is 0 Å². The summed E-state index contributed by atoms with van der Waals surface area (Å²) in [6.07, 6.45) is 6.68. The molecule has 0 N–H and O–H groups in total. The molecule has 0 unspecified atom stereocenters. The Morgan fingerprint density at radius 3 is 2.96 bits per heavy atom. The first-order chi connectivity index (χ1) is 12.3. The Morgan fingerprint density at radius 1 is 1.28 bits per heavy atom. The molecule has 1 atom stereocenters. The van der Waals surface area contributed by atoms with Gasteiger partial charge in [-0.05, 0) is 31.0 Å². The van der Waals surface area contributed by atoms with Crippen molar-refractivity contribution >= 4 is 16.9 Å². The minimum Gasteiger partial charge on any atom is -0.339 e. The summed E-state index contributed by atoms with van der Waals surface area (Å²) < 4.78 is 4.04. The lowest BCUT2D eigenvalue weighted by molar-refractivity contribution is -0.133. The number of piperidine rings is 1. The summed E-state index contributed by atoms with van der Waals surface area (Å²) in [5, 5.41) is 4.34. The van der Waals surface area contributed by atoms with Crippen LogP contribution in [0.2, 0.25) is 0 Å². The summed E-state index contributed by atoms with van der Waals surface area (Å²) in [4.78, 5) is 19.6. The van der Waals surface area contributed by atoms with Gasteiger partial charge in [0, 0.05) is 31.9 Å². The molecule has 1 saturated heterocycles. The average Bonchev–Trinajstić information content (AvgIpc) is 3.30. The SMILES string of the molecule is CCc1nc2ccccc2n1CC(=O)N1CCC[C@@H](n2cccn2)C1. The van der Waals surface area contributed by atoms with Gasteiger partial charge in [0.05, 0.1) is 17.1 Å². The normalized spacial score (nSPS) is 18.0. The Balaban J connectivity index is 1.54. The van der Waals surface area contributed by atoms with E-state index in [1.165, 1.54) is 0 Å². The van der Waals surface area contributed by atoms with Crippen molar-refractivity contribution in [1.29, 1.82) is 0 Å². The fraction of sp³-hybridized carbons (Fsp3) is 0.421. The minimum absolute atomic E-state index is 0.162. The molecule has 1 aromatic carbocycles. The molecule has 0 spiro atoms. The van der Waals surface area contributed by atoms with E-state index in [1.807, 2.05) is 46.1 Å². The van der Waals surface area contributed by atoms with Crippen LogP contribution in [0.4, 0.5) is 0 Å². The lowest BCUT2D eigenvalue weighted by Crippen LogP contribution is -2.42. The number of nitrogens with zero attached hydrogens (tertiary/aromatic N) is 5. The highest BCUT2D eigenvalue weighted by Gasteiger charge is 2.25. The van der Waals surface area contributed by atoms with Gasteiger partial charge in [-0.25, -0.2) is 4.98 Å². The second kappa shape index (κ2) is 6.70.